The molecule has 8 heteroatoms. The molecule has 1 amide bonds. The van der Waals surface area contributed by atoms with Gasteiger partial charge in [-0.25, -0.2) is 4.98 Å². The van der Waals surface area contributed by atoms with Gasteiger partial charge in [0.1, 0.15) is 5.69 Å². The van der Waals surface area contributed by atoms with Crippen molar-refractivity contribution in [2.45, 2.75) is 24.0 Å². The molecule has 0 saturated carbocycles. The molecule has 0 aliphatic carbocycles. The number of halogens is 2. The lowest BCUT2D eigenvalue weighted by Crippen LogP contribution is -2.23. The van der Waals surface area contributed by atoms with E-state index < -0.39 is 12.0 Å². The lowest BCUT2D eigenvalue weighted by Gasteiger charge is -2.21. The Labute approximate surface area is 142 Å². The summed E-state index contributed by atoms with van der Waals surface area (Å²) < 4.78 is 1.68. The third-order valence-corrected chi connectivity index (χ3v) is 5.21. The molecule has 1 aromatic heterocycles. The fourth-order valence-corrected chi connectivity index (χ4v) is 3.62. The summed E-state index contributed by atoms with van der Waals surface area (Å²) in [6.45, 7) is 1.68. The Morgan fingerprint density at radius 2 is 2.23 bits per heavy atom. The van der Waals surface area contributed by atoms with E-state index in [1.54, 1.807) is 17.6 Å². The van der Waals surface area contributed by atoms with Crippen LogP contribution in [-0.4, -0.2) is 32.4 Å². The molecule has 0 fully saturated rings. The molecule has 0 bridgehead atoms. The third kappa shape index (κ3) is 3.95. The number of thioether (sulfide) groups is 1. The predicted octanol–water partition coefficient (Wildman–Crippen LogP) is 3.00. The smallest absolute Gasteiger partial charge is 0.268 e. The first-order chi connectivity index (χ1) is 10.4. The highest BCUT2D eigenvalue weighted by atomic mass is 35.5. The number of rotatable bonds is 6. The van der Waals surface area contributed by atoms with Crippen molar-refractivity contribution in [3.05, 3.63) is 46.5 Å². The Balaban J connectivity index is 2.15. The minimum Gasteiger partial charge on any atom is -0.391 e. The van der Waals surface area contributed by atoms with Gasteiger partial charge < -0.3 is 15.4 Å². The molecule has 2 aromatic rings. The van der Waals surface area contributed by atoms with Crippen molar-refractivity contribution >= 4 is 40.9 Å². The minimum absolute atomic E-state index is 0.163. The average Bonchev–Trinajstić information content (AvgIpc) is 2.93. The standard InChI is InChI=1S/C14H15Cl2N3O2S/c1-8(20)11(19-5-10(14(17)21)18-7-19)6-22-12-4-2-3-9(15)13(12)16/h2-5,7-8,11,20H,6H2,1H3,(H2,17,21)/t8-,11-/m0/s1. The first-order valence-corrected chi connectivity index (χ1v) is 8.22. The van der Waals surface area contributed by atoms with E-state index >= 15 is 0 Å². The Bertz CT molecular complexity index is 676. The van der Waals surface area contributed by atoms with Crippen molar-refractivity contribution in [2.24, 2.45) is 5.73 Å². The molecule has 3 N–H and O–H groups in total. The van der Waals surface area contributed by atoms with Crippen LogP contribution < -0.4 is 5.73 Å². The summed E-state index contributed by atoms with van der Waals surface area (Å²) in [6, 6.07) is 5.12. The van der Waals surface area contributed by atoms with Crippen LogP contribution in [0.4, 0.5) is 0 Å². The maximum absolute atomic E-state index is 11.1. The zero-order valence-electron chi connectivity index (χ0n) is 11.7. The van der Waals surface area contributed by atoms with Gasteiger partial charge in [0, 0.05) is 16.8 Å². The lowest BCUT2D eigenvalue weighted by molar-refractivity contribution is 0.0995. The molecule has 0 saturated heterocycles. The Kier molecular flexibility index (Phi) is 5.74. The van der Waals surface area contributed by atoms with E-state index in [4.69, 9.17) is 28.9 Å². The molecule has 1 aromatic carbocycles. The highest BCUT2D eigenvalue weighted by molar-refractivity contribution is 7.99. The number of nitrogens with two attached hydrogens (primary N) is 1. The quantitative estimate of drug-likeness (QED) is 0.776. The minimum atomic E-state index is -0.639. The number of carbonyl (C=O) groups is 1. The molecule has 5 nitrogen and oxygen atoms in total. The van der Waals surface area contributed by atoms with Crippen LogP contribution in [0.1, 0.15) is 23.5 Å². The number of carbonyl (C=O) groups excluding carboxylic acids is 1. The number of hydrogen-bond donors (Lipinski definition) is 2. The van der Waals surface area contributed by atoms with Gasteiger partial charge in [-0.3, -0.25) is 4.79 Å². The van der Waals surface area contributed by atoms with E-state index in [0.717, 1.165) is 4.90 Å². The zero-order valence-corrected chi connectivity index (χ0v) is 14.1. The number of nitrogens with zero attached hydrogens (tertiary/aromatic N) is 2. The van der Waals surface area contributed by atoms with Crippen LogP contribution in [0.5, 0.6) is 0 Å². The van der Waals surface area contributed by atoms with Crippen molar-refractivity contribution in [3.63, 3.8) is 0 Å². The van der Waals surface area contributed by atoms with Crippen molar-refractivity contribution in [1.82, 2.24) is 9.55 Å². The number of aliphatic hydroxyl groups excluding tert-OH is 1. The molecular formula is C14H15Cl2N3O2S. The number of primary amides is 1. The maximum Gasteiger partial charge on any atom is 0.268 e. The second kappa shape index (κ2) is 7.37. The summed E-state index contributed by atoms with van der Waals surface area (Å²) in [4.78, 5) is 15.9. The fraction of sp³-hybridized carbons (Fsp3) is 0.286. The van der Waals surface area contributed by atoms with E-state index in [2.05, 4.69) is 4.98 Å². The fourth-order valence-electron chi connectivity index (χ4n) is 1.89. The Morgan fingerprint density at radius 3 is 2.82 bits per heavy atom. The van der Waals surface area contributed by atoms with Gasteiger partial charge >= 0.3 is 0 Å². The first kappa shape index (κ1) is 17.1. The Hall–Kier alpha value is -1.21. The molecule has 0 unspecified atom stereocenters. The second-order valence-corrected chi connectivity index (χ2v) is 6.59. The zero-order chi connectivity index (χ0) is 16.3. The predicted molar refractivity (Wildman–Crippen MR) is 88.6 cm³/mol. The number of imidazole rings is 1. The first-order valence-electron chi connectivity index (χ1n) is 6.48. The van der Waals surface area contributed by atoms with Crippen LogP contribution in [0.25, 0.3) is 0 Å². The van der Waals surface area contributed by atoms with E-state index in [1.165, 1.54) is 24.3 Å². The van der Waals surface area contributed by atoms with E-state index in [0.29, 0.717) is 15.8 Å². The van der Waals surface area contributed by atoms with Crippen molar-refractivity contribution in [2.75, 3.05) is 5.75 Å². The van der Waals surface area contributed by atoms with Crippen LogP contribution in [0.3, 0.4) is 0 Å². The molecule has 2 rings (SSSR count). The van der Waals surface area contributed by atoms with Gasteiger partial charge in [-0.2, -0.15) is 0 Å². The molecule has 1 heterocycles. The molecule has 22 heavy (non-hydrogen) atoms. The van der Waals surface area contributed by atoms with E-state index in [9.17, 15) is 9.90 Å². The maximum atomic E-state index is 11.1. The average molecular weight is 360 g/mol. The van der Waals surface area contributed by atoms with Crippen molar-refractivity contribution in [3.8, 4) is 0 Å². The molecular weight excluding hydrogens is 345 g/mol. The summed E-state index contributed by atoms with van der Waals surface area (Å²) in [6.07, 6.45) is 2.37. The topological polar surface area (TPSA) is 81.1 Å². The van der Waals surface area contributed by atoms with Gasteiger partial charge in [-0.1, -0.05) is 29.3 Å². The summed E-state index contributed by atoms with van der Waals surface area (Å²) in [7, 11) is 0. The van der Waals surface area contributed by atoms with Crippen LogP contribution in [0, 0.1) is 0 Å². The SMILES string of the molecule is C[C@H](O)[C@H](CSc1cccc(Cl)c1Cl)n1cnc(C(N)=O)c1. The number of aliphatic hydroxyl groups is 1. The van der Waals surface area contributed by atoms with Gasteiger partial charge in [-0.05, 0) is 19.1 Å². The molecule has 2 atom stereocenters. The van der Waals surface area contributed by atoms with Crippen molar-refractivity contribution in [1.29, 1.82) is 0 Å². The number of amides is 1. The van der Waals surface area contributed by atoms with Crippen LogP contribution in [-0.2, 0) is 0 Å². The van der Waals surface area contributed by atoms with Gasteiger partial charge in [0.15, 0.2) is 0 Å². The highest BCUT2D eigenvalue weighted by Crippen LogP contribution is 2.34. The monoisotopic (exact) mass is 359 g/mol. The number of benzene rings is 1. The molecule has 0 aliphatic rings. The number of aromatic nitrogens is 2. The second-order valence-electron chi connectivity index (χ2n) is 4.74. The summed E-state index contributed by atoms with van der Waals surface area (Å²) in [5.41, 5.74) is 5.35. The molecule has 0 aliphatic heterocycles. The van der Waals surface area contributed by atoms with E-state index in [1.807, 2.05) is 12.1 Å². The lowest BCUT2D eigenvalue weighted by atomic mass is 10.2. The van der Waals surface area contributed by atoms with Crippen LogP contribution in [0.15, 0.2) is 35.6 Å². The van der Waals surface area contributed by atoms with E-state index in [-0.39, 0.29) is 11.7 Å². The van der Waals surface area contributed by atoms with Gasteiger partial charge in [-0.15, -0.1) is 11.8 Å². The highest BCUT2D eigenvalue weighted by Gasteiger charge is 2.19. The van der Waals surface area contributed by atoms with Crippen LogP contribution >= 0.6 is 35.0 Å². The van der Waals surface area contributed by atoms with Crippen LogP contribution in [0.2, 0.25) is 10.0 Å². The summed E-state index contributed by atoms with van der Waals surface area (Å²) in [5, 5.41) is 11.0. The van der Waals surface area contributed by atoms with Gasteiger partial charge in [0.05, 0.1) is 28.5 Å². The molecule has 0 spiro atoms. The normalized spacial score (nSPS) is 13.8. The van der Waals surface area contributed by atoms with Gasteiger partial charge in [0.25, 0.3) is 5.91 Å². The van der Waals surface area contributed by atoms with Crippen molar-refractivity contribution < 1.29 is 9.90 Å². The summed E-state index contributed by atoms with van der Waals surface area (Å²) >= 11 is 13.6. The molecule has 0 radical (unpaired) electrons. The number of hydrogen-bond acceptors (Lipinski definition) is 4. The Morgan fingerprint density at radius 1 is 1.50 bits per heavy atom. The van der Waals surface area contributed by atoms with Gasteiger partial charge in [0.2, 0.25) is 0 Å². The molecule has 118 valence electrons. The third-order valence-electron chi connectivity index (χ3n) is 3.12. The largest absolute Gasteiger partial charge is 0.391 e. The summed E-state index contributed by atoms with van der Waals surface area (Å²) in [5.74, 6) is -0.0691.